The van der Waals surface area contributed by atoms with Crippen LogP contribution >= 0.6 is 0 Å². The largest absolute Gasteiger partial charge is 0.872 e. The number of Topliss-reactive ketones (excluding diaryl/α,β-unsaturated/α-hetero) is 1. The maximum atomic E-state index is 13.2. The molecule has 0 saturated carbocycles. The Morgan fingerprint density at radius 2 is 1.76 bits per heavy atom. The van der Waals surface area contributed by atoms with Crippen LogP contribution in [0.25, 0.3) is 17.0 Å². The lowest BCUT2D eigenvalue weighted by Crippen LogP contribution is -3.11. The Balaban J connectivity index is 1.70. The molecule has 0 saturated heterocycles. The maximum Gasteiger partial charge on any atom is 0.231 e. The van der Waals surface area contributed by atoms with E-state index in [9.17, 15) is 9.90 Å². The van der Waals surface area contributed by atoms with Crippen LogP contribution in [-0.4, -0.2) is 23.4 Å². The Hall–Kier alpha value is -3.05. The molecule has 0 fully saturated rings. The number of fused-ring (bicyclic) bond motifs is 2. The van der Waals surface area contributed by atoms with Crippen molar-refractivity contribution in [2.45, 2.75) is 47.7 Å². The molecule has 2 aromatic carbocycles. The minimum absolute atomic E-state index is 0.0598. The quantitative estimate of drug-likeness (QED) is 0.531. The summed E-state index contributed by atoms with van der Waals surface area (Å²) in [5, 5.41) is 13.9. The van der Waals surface area contributed by atoms with E-state index in [-0.39, 0.29) is 17.3 Å². The summed E-state index contributed by atoms with van der Waals surface area (Å²) in [6.07, 6.45) is 3.87. The SMILES string of the molecule is CCn1cc(/C=C2\Oc3c(ccc([O-])c3C[NH+](CC(C)C)CC(C)C)C2=O)c2ccccc21. The van der Waals surface area contributed by atoms with Gasteiger partial charge in [-0.25, -0.2) is 0 Å². The Morgan fingerprint density at radius 1 is 1.06 bits per heavy atom. The fraction of sp³-hybridized carbons (Fsp3) is 0.393. The van der Waals surface area contributed by atoms with Crippen LogP contribution in [0.1, 0.15) is 56.1 Å². The lowest BCUT2D eigenvalue weighted by atomic mass is 10.0. The van der Waals surface area contributed by atoms with E-state index >= 15 is 0 Å². The van der Waals surface area contributed by atoms with Crippen molar-refractivity contribution < 1.29 is 19.5 Å². The van der Waals surface area contributed by atoms with Gasteiger partial charge in [-0.3, -0.25) is 4.79 Å². The fourth-order valence-corrected chi connectivity index (χ4v) is 4.88. The van der Waals surface area contributed by atoms with E-state index in [2.05, 4.69) is 51.3 Å². The fourth-order valence-electron chi connectivity index (χ4n) is 4.88. The Bertz CT molecular complexity index is 1190. The number of nitrogens with zero attached hydrogens (tertiary/aromatic N) is 1. The summed E-state index contributed by atoms with van der Waals surface area (Å²) in [5.41, 5.74) is 3.17. The Morgan fingerprint density at radius 3 is 2.42 bits per heavy atom. The van der Waals surface area contributed by atoms with E-state index in [0.717, 1.165) is 36.1 Å². The number of carbonyl (C=O) groups is 1. The number of quaternary nitrogens is 1. The first-order valence-corrected chi connectivity index (χ1v) is 12.0. The monoisotopic (exact) mass is 446 g/mol. The average molecular weight is 447 g/mol. The van der Waals surface area contributed by atoms with Crippen molar-refractivity contribution in [2.24, 2.45) is 11.8 Å². The number of para-hydroxylation sites is 1. The molecular formula is C28H34N2O3. The summed E-state index contributed by atoms with van der Waals surface area (Å²) in [4.78, 5) is 14.5. The second-order valence-electron chi connectivity index (χ2n) is 9.87. The van der Waals surface area contributed by atoms with Gasteiger partial charge in [-0.1, -0.05) is 57.7 Å². The van der Waals surface area contributed by atoms with Gasteiger partial charge in [0, 0.05) is 46.6 Å². The third kappa shape index (κ3) is 4.69. The van der Waals surface area contributed by atoms with Crippen LogP contribution in [-0.2, 0) is 13.1 Å². The lowest BCUT2D eigenvalue weighted by Gasteiger charge is -2.26. The number of allylic oxidation sites excluding steroid dienone is 1. The van der Waals surface area contributed by atoms with Crippen LogP contribution in [0.5, 0.6) is 11.5 Å². The number of ether oxygens (including phenoxy) is 1. The molecule has 1 N–H and O–H groups in total. The van der Waals surface area contributed by atoms with Crippen molar-refractivity contribution in [3.63, 3.8) is 0 Å². The number of hydrogen-bond acceptors (Lipinski definition) is 3. The number of benzene rings is 2. The van der Waals surface area contributed by atoms with Gasteiger partial charge in [-0.15, -0.1) is 0 Å². The zero-order chi connectivity index (χ0) is 23.7. The van der Waals surface area contributed by atoms with Crippen LogP contribution in [0, 0.1) is 11.8 Å². The highest BCUT2D eigenvalue weighted by atomic mass is 16.5. The molecule has 0 bridgehead atoms. The first-order valence-electron chi connectivity index (χ1n) is 12.0. The number of aromatic nitrogens is 1. The molecule has 5 nitrogen and oxygen atoms in total. The molecule has 0 amide bonds. The van der Waals surface area contributed by atoms with E-state index in [1.54, 1.807) is 6.07 Å². The van der Waals surface area contributed by atoms with E-state index in [1.165, 1.54) is 11.0 Å². The zero-order valence-electron chi connectivity index (χ0n) is 20.3. The van der Waals surface area contributed by atoms with Crippen molar-refractivity contribution >= 4 is 22.8 Å². The molecule has 3 aromatic rings. The van der Waals surface area contributed by atoms with Crippen molar-refractivity contribution in [1.82, 2.24) is 4.57 Å². The van der Waals surface area contributed by atoms with E-state index in [4.69, 9.17) is 4.74 Å². The summed E-state index contributed by atoms with van der Waals surface area (Å²) in [6, 6.07) is 11.3. The highest BCUT2D eigenvalue weighted by Gasteiger charge is 2.31. The average Bonchev–Trinajstić information content (AvgIpc) is 3.27. The second kappa shape index (κ2) is 9.44. The predicted octanol–water partition coefficient (Wildman–Crippen LogP) is 4.05. The molecule has 0 radical (unpaired) electrons. The first kappa shape index (κ1) is 23.1. The summed E-state index contributed by atoms with van der Waals surface area (Å²) in [6.45, 7) is 14.2. The number of carbonyl (C=O) groups excluding carboxylic acids is 1. The summed E-state index contributed by atoms with van der Waals surface area (Å²) >= 11 is 0. The van der Waals surface area contributed by atoms with Gasteiger partial charge in [0.1, 0.15) is 12.3 Å². The molecular weight excluding hydrogens is 412 g/mol. The number of rotatable bonds is 8. The van der Waals surface area contributed by atoms with E-state index in [0.29, 0.717) is 35.3 Å². The zero-order valence-corrected chi connectivity index (χ0v) is 20.3. The van der Waals surface area contributed by atoms with E-state index in [1.807, 2.05) is 24.4 Å². The molecule has 33 heavy (non-hydrogen) atoms. The van der Waals surface area contributed by atoms with Crippen LogP contribution in [0.4, 0.5) is 0 Å². The standard InChI is InChI=1S/C28H34N2O3/c1-6-30-16-20(21-9-7-8-10-24(21)30)13-26-27(32)22-11-12-25(31)23(28(22)33-26)17-29(14-18(2)3)15-19(4)5/h7-13,16,18-19,31H,6,14-15,17H2,1-5H3/b26-13-. The predicted molar refractivity (Wildman–Crippen MR) is 131 cm³/mol. The summed E-state index contributed by atoms with van der Waals surface area (Å²) in [5.74, 6) is 1.54. The van der Waals surface area contributed by atoms with Crippen molar-refractivity contribution in [3.8, 4) is 11.5 Å². The molecule has 1 aromatic heterocycles. The van der Waals surface area contributed by atoms with Crippen LogP contribution < -0.4 is 14.7 Å². The van der Waals surface area contributed by atoms with Crippen LogP contribution in [0.2, 0.25) is 0 Å². The summed E-state index contributed by atoms with van der Waals surface area (Å²) in [7, 11) is 0. The smallest absolute Gasteiger partial charge is 0.231 e. The Labute approximate surface area is 196 Å². The van der Waals surface area contributed by atoms with Gasteiger partial charge >= 0.3 is 0 Å². The molecule has 2 heterocycles. The molecule has 0 atom stereocenters. The van der Waals surface area contributed by atoms with E-state index < -0.39 is 0 Å². The molecule has 5 heteroatoms. The normalized spacial score (nSPS) is 14.8. The van der Waals surface area contributed by atoms with Crippen LogP contribution in [0.3, 0.4) is 0 Å². The van der Waals surface area contributed by atoms with Gasteiger partial charge in [-0.2, -0.15) is 0 Å². The highest BCUT2D eigenvalue weighted by molar-refractivity contribution is 6.15. The Kier molecular flexibility index (Phi) is 6.61. The summed E-state index contributed by atoms with van der Waals surface area (Å²) < 4.78 is 8.29. The topological polar surface area (TPSA) is 58.7 Å². The van der Waals surface area contributed by atoms with Gasteiger partial charge in [0.15, 0.2) is 5.76 Å². The number of nitrogens with one attached hydrogen (secondary N) is 1. The van der Waals surface area contributed by atoms with Crippen LogP contribution in [0.15, 0.2) is 48.4 Å². The van der Waals surface area contributed by atoms with Gasteiger partial charge in [0.25, 0.3) is 0 Å². The number of ketones is 1. The number of aryl methyl sites for hydroxylation is 1. The second-order valence-corrected chi connectivity index (χ2v) is 9.87. The minimum atomic E-state index is -0.158. The van der Waals surface area contributed by atoms with Gasteiger partial charge in [0.05, 0.1) is 18.7 Å². The molecule has 0 aliphatic carbocycles. The molecule has 0 unspecified atom stereocenters. The van der Waals surface area contributed by atoms with Crippen molar-refractivity contribution in [2.75, 3.05) is 13.1 Å². The van der Waals surface area contributed by atoms with Crippen molar-refractivity contribution in [1.29, 1.82) is 0 Å². The molecule has 4 rings (SSSR count). The third-order valence-electron chi connectivity index (χ3n) is 6.17. The van der Waals surface area contributed by atoms with Gasteiger partial charge in [0.2, 0.25) is 5.78 Å². The van der Waals surface area contributed by atoms with Crippen molar-refractivity contribution in [3.05, 3.63) is 65.0 Å². The van der Waals surface area contributed by atoms with Gasteiger partial charge in [-0.05, 0) is 25.1 Å². The van der Waals surface area contributed by atoms with Gasteiger partial charge < -0.3 is 19.3 Å². The molecule has 0 spiro atoms. The minimum Gasteiger partial charge on any atom is -0.872 e. The molecule has 1 aliphatic heterocycles. The molecule has 1 aliphatic rings. The number of hydrogen-bond donors (Lipinski definition) is 1. The third-order valence-corrected chi connectivity index (χ3v) is 6.17. The first-order chi connectivity index (χ1) is 15.8. The molecule has 174 valence electrons. The maximum absolute atomic E-state index is 13.2. The highest BCUT2D eigenvalue weighted by Crippen LogP contribution is 2.39. The lowest BCUT2D eigenvalue weighted by molar-refractivity contribution is -0.919.